The van der Waals surface area contributed by atoms with Crippen molar-refractivity contribution in [3.8, 4) is 5.69 Å². The van der Waals surface area contributed by atoms with Gasteiger partial charge in [-0.3, -0.25) is 10.1 Å². The van der Waals surface area contributed by atoms with E-state index in [1.165, 1.54) is 13.3 Å². The standard InChI is InChI=1S/C23H28N4O4/c1-15(21(28)25-23(30)24-17-8-4-2-5-9-17)31-22(29)20-14-19(16-12-13-16)26-27(20)18-10-6-3-7-11-18/h3,6-7,10-11,14-17H,2,4-5,8-9,12-13H2,1H3,(H2,24,25,28,30)/t15-/m1/s1. The Bertz CT molecular complexity index is 946. The van der Waals surface area contributed by atoms with E-state index in [0.717, 1.165) is 49.9 Å². The maximum Gasteiger partial charge on any atom is 0.357 e. The molecule has 2 aromatic rings. The number of nitrogens with zero attached hydrogens (tertiary/aromatic N) is 2. The van der Waals surface area contributed by atoms with Crippen molar-refractivity contribution in [2.45, 2.75) is 69.9 Å². The van der Waals surface area contributed by atoms with Crippen molar-refractivity contribution in [3.05, 3.63) is 47.8 Å². The van der Waals surface area contributed by atoms with E-state index in [4.69, 9.17) is 4.74 Å². The predicted molar refractivity (Wildman–Crippen MR) is 114 cm³/mol. The zero-order valence-corrected chi connectivity index (χ0v) is 17.7. The Kier molecular flexibility index (Phi) is 6.34. The van der Waals surface area contributed by atoms with E-state index in [1.807, 2.05) is 30.3 Å². The molecule has 0 spiro atoms. The minimum absolute atomic E-state index is 0.0838. The average Bonchev–Trinajstić information content (AvgIpc) is 3.53. The van der Waals surface area contributed by atoms with E-state index in [0.29, 0.717) is 5.92 Å². The van der Waals surface area contributed by atoms with Crippen molar-refractivity contribution in [2.24, 2.45) is 0 Å². The first-order valence-corrected chi connectivity index (χ1v) is 11.0. The fourth-order valence-corrected chi connectivity index (χ4v) is 3.85. The third-order valence-electron chi connectivity index (χ3n) is 5.76. The van der Waals surface area contributed by atoms with Crippen LogP contribution in [0.3, 0.4) is 0 Å². The van der Waals surface area contributed by atoms with Gasteiger partial charge in [0.25, 0.3) is 5.91 Å². The Morgan fingerprint density at radius 3 is 2.45 bits per heavy atom. The molecule has 2 saturated carbocycles. The number of aromatic nitrogens is 2. The number of benzene rings is 1. The van der Waals surface area contributed by atoms with Crippen LogP contribution in [0.4, 0.5) is 4.79 Å². The van der Waals surface area contributed by atoms with Gasteiger partial charge in [-0.05, 0) is 50.8 Å². The van der Waals surface area contributed by atoms with Gasteiger partial charge in [0.2, 0.25) is 0 Å². The number of esters is 1. The number of urea groups is 1. The molecule has 31 heavy (non-hydrogen) atoms. The van der Waals surface area contributed by atoms with Crippen LogP contribution in [0.2, 0.25) is 0 Å². The Balaban J connectivity index is 1.39. The molecule has 0 radical (unpaired) electrons. The van der Waals surface area contributed by atoms with Crippen LogP contribution >= 0.6 is 0 Å². The van der Waals surface area contributed by atoms with Crippen LogP contribution in [0.1, 0.15) is 74.0 Å². The van der Waals surface area contributed by atoms with Gasteiger partial charge in [-0.1, -0.05) is 37.5 Å². The van der Waals surface area contributed by atoms with E-state index in [9.17, 15) is 14.4 Å². The van der Waals surface area contributed by atoms with E-state index < -0.39 is 24.0 Å². The molecule has 1 aromatic heterocycles. The van der Waals surface area contributed by atoms with Crippen LogP contribution in [0.25, 0.3) is 5.69 Å². The highest BCUT2D eigenvalue weighted by molar-refractivity contribution is 5.98. The van der Waals surface area contributed by atoms with E-state index in [-0.39, 0.29) is 11.7 Å². The van der Waals surface area contributed by atoms with Gasteiger partial charge in [-0.25, -0.2) is 14.3 Å². The van der Waals surface area contributed by atoms with Crippen molar-refractivity contribution in [3.63, 3.8) is 0 Å². The summed E-state index contributed by atoms with van der Waals surface area (Å²) >= 11 is 0. The number of rotatable bonds is 6. The van der Waals surface area contributed by atoms with Crippen LogP contribution < -0.4 is 10.6 Å². The zero-order chi connectivity index (χ0) is 21.8. The van der Waals surface area contributed by atoms with Crippen LogP contribution in [-0.4, -0.2) is 39.8 Å². The lowest BCUT2D eigenvalue weighted by Gasteiger charge is -2.23. The maximum absolute atomic E-state index is 12.8. The number of imide groups is 1. The van der Waals surface area contributed by atoms with Gasteiger partial charge in [0, 0.05) is 12.0 Å². The smallest absolute Gasteiger partial charge is 0.357 e. The van der Waals surface area contributed by atoms with Crippen molar-refractivity contribution >= 4 is 17.9 Å². The molecule has 1 heterocycles. The Labute approximate surface area is 181 Å². The average molecular weight is 425 g/mol. The summed E-state index contributed by atoms with van der Waals surface area (Å²) in [5.74, 6) is -0.950. The first-order chi connectivity index (χ1) is 15.0. The van der Waals surface area contributed by atoms with Gasteiger partial charge in [0.1, 0.15) is 0 Å². The number of amides is 3. The van der Waals surface area contributed by atoms with Crippen LogP contribution in [0.15, 0.2) is 36.4 Å². The highest BCUT2D eigenvalue weighted by Crippen LogP contribution is 2.39. The number of hydrogen-bond donors (Lipinski definition) is 2. The van der Waals surface area contributed by atoms with Crippen LogP contribution in [0, 0.1) is 0 Å². The Morgan fingerprint density at radius 1 is 1.06 bits per heavy atom. The summed E-state index contributed by atoms with van der Waals surface area (Å²) in [7, 11) is 0. The SMILES string of the molecule is C[C@@H](OC(=O)c1cc(C2CC2)nn1-c1ccccc1)C(=O)NC(=O)NC1CCCCC1. The molecule has 2 N–H and O–H groups in total. The number of ether oxygens (including phenoxy) is 1. The topological polar surface area (TPSA) is 102 Å². The largest absolute Gasteiger partial charge is 0.448 e. The van der Waals surface area contributed by atoms with Gasteiger partial charge in [0.05, 0.1) is 11.4 Å². The summed E-state index contributed by atoms with van der Waals surface area (Å²) in [6, 6.07) is 10.6. The summed E-state index contributed by atoms with van der Waals surface area (Å²) in [5, 5.41) is 9.67. The number of carbonyl (C=O) groups is 3. The van der Waals surface area contributed by atoms with Crippen LogP contribution in [-0.2, 0) is 9.53 Å². The number of para-hydroxylation sites is 1. The molecule has 0 unspecified atom stereocenters. The van der Waals surface area contributed by atoms with E-state index >= 15 is 0 Å². The number of nitrogens with one attached hydrogen (secondary N) is 2. The lowest BCUT2D eigenvalue weighted by atomic mass is 9.96. The molecule has 1 atom stereocenters. The number of carbonyl (C=O) groups excluding carboxylic acids is 3. The van der Waals surface area contributed by atoms with Crippen LogP contribution in [0.5, 0.6) is 0 Å². The highest BCUT2D eigenvalue weighted by Gasteiger charge is 2.30. The Hall–Kier alpha value is -3.16. The molecular formula is C23H28N4O4. The van der Waals surface area contributed by atoms with E-state index in [2.05, 4.69) is 15.7 Å². The van der Waals surface area contributed by atoms with Gasteiger partial charge in [0.15, 0.2) is 11.8 Å². The second-order valence-electron chi connectivity index (χ2n) is 8.32. The second-order valence-corrected chi connectivity index (χ2v) is 8.32. The molecule has 4 rings (SSSR count). The van der Waals surface area contributed by atoms with Gasteiger partial charge in [-0.15, -0.1) is 0 Å². The second kappa shape index (κ2) is 9.32. The fourth-order valence-electron chi connectivity index (χ4n) is 3.85. The molecule has 8 heteroatoms. The normalized spacial score (nSPS) is 17.6. The lowest BCUT2D eigenvalue weighted by molar-refractivity contribution is -0.127. The third kappa shape index (κ3) is 5.31. The maximum atomic E-state index is 12.8. The number of hydrogen-bond acceptors (Lipinski definition) is 5. The summed E-state index contributed by atoms with van der Waals surface area (Å²) in [6.45, 7) is 1.45. The molecule has 0 bridgehead atoms. The van der Waals surface area contributed by atoms with Crippen molar-refractivity contribution < 1.29 is 19.1 Å². The van der Waals surface area contributed by atoms with Crippen molar-refractivity contribution in [1.29, 1.82) is 0 Å². The fraction of sp³-hybridized carbons (Fsp3) is 0.478. The summed E-state index contributed by atoms with van der Waals surface area (Å²) in [5.41, 5.74) is 1.85. The molecule has 164 valence electrons. The molecule has 0 aliphatic heterocycles. The lowest BCUT2D eigenvalue weighted by Crippen LogP contribution is -2.48. The first kappa shape index (κ1) is 21.1. The molecule has 2 aliphatic rings. The molecule has 3 amide bonds. The molecule has 8 nitrogen and oxygen atoms in total. The first-order valence-electron chi connectivity index (χ1n) is 11.0. The van der Waals surface area contributed by atoms with Gasteiger partial charge in [-0.2, -0.15) is 5.10 Å². The molecule has 1 aromatic carbocycles. The molecule has 0 saturated heterocycles. The predicted octanol–water partition coefficient (Wildman–Crippen LogP) is 3.45. The van der Waals surface area contributed by atoms with Gasteiger partial charge < -0.3 is 10.1 Å². The zero-order valence-electron chi connectivity index (χ0n) is 17.7. The third-order valence-corrected chi connectivity index (χ3v) is 5.76. The summed E-state index contributed by atoms with van der Waals surface area (Å²) < 4.78 is 6.92. The van der Waals surface area contributed by atoms with Gasteiger partial charge >= 0.3 is 12.0 Å². The minimum atomic E-state index is -1.12. The van der Waals surface area contributed by atoms with Crippen molar-refractivity contribution in [1.82, 2.24) is 20.4 Å². The van der Waals surface area contributed by atoms with E-state index in [1.54, 1.807) is 10.7 Å². The summed E-state index contributed by atoms with van der Waals surface area (Å²) in [4.78, 5) is 37.3. The monoisotopic (exact) mass is 424 g/mol. The Morgan fingerprint density at radius 2 is 1.77 bits per heavy atom. The van der Waals surface area contributed by atoms with Crippen molar-refractivity contribution in [2.75, 3.05) is 0 Å². The molecule has 2 aliphatic carbocycles. The summed E-state index contributed by atoms with van der Waals surface area (Å²) in [6.07, 6.45) is 6.14. The molecule has 2 fully saturated rings. The minimum Gasteiger partial charge on any atom is -0.448 e. The highest BCUT2D eigenvalue weighted by atomic mass is 16.5. The molecular weight excluding hydrogens is 396 g/mol. The quantitative estimate of drug-likeness (QED) is 0.692.